The Morgan fingerprint density at radius 3 is 2.04 bits per heavy atom. The molecule has 0 amide bonds. The summed E-state index contributed by atoms with van der Waals surface area (Å²) >= 11 is 1.15. The molecule has 12 unspecified atom stereocenters. The first-order chi connectivity index (χ1) is 31.6. The zero-order valence-corrected chi connectivity index (χ0v) is 44.6. The lowest BCUT2D eigenvalue weighted by Gasteiger charge is -2.48. The van der Waals surface area contributed by atoms with Crippen LogP contribution < -0.4 is 0 Å². The average Bonchev–Trinajstić information content (AvgIpc) is 3.60. The zero-order valence-electron chi connectivity index (χ0n) is 40.6. The average molecular weight is 1050 g/mol. The van der Waals surface area contributed by atoms with E-state index in [1.165, 1.54) is 20.1 Å². The summed E-state index contributed by atoms with van der Waals surface area (Å²) in [6, 6.07) is 0.131. The van der Waals surface area contributed by atoms with Gasteiger partial charge in [-0.15, -0.1) is 4.33 Å². The van der Waals surface area contributed by atoms with Crippen LogP contribution in [0.3, 0.4) is 0 Å². The summed E-state index contributed by atoms with van der Waals surface area (Å²) in [4.78, 5) is 2.52. The third-order valence-electron chi connectivity index (χ3n) is 17.7. The van der Waals surface area contributed by atoms with E-state index >= 15 is 0 Å². The van der Waals surface area contributed by atoms with E-state index in [-0.39, 0.29) is 64.2 Å². The van der Waals surface area contributed by atoms with Crippen LogP contribution in [-0.2, 0) is 49.6 Å². The van der Waals surface area contributed by atoms with Gasteiger partial charge in [-0.3, -0.25) is 13.7 Å². The number of hydrogen-bond acceptors (Lipinski definition) is 13. The van der Waals surface area contributed by atoms with Gasteiger partial charge in [-0.25, -0.2) is 18.3 Å². The first kappa shape index (κ1) is 54.1. The second kappa shape index (κ2) is 20.3. The van der Waals surface area contributed by atoms with Crippen LogP contribution in [0.15, 0.2) is 46.1 Å². The number of rotatable bonds is 16. The summed E-state index contributed by atoms with van der Waals surface area (Å²) < 4.78 is 138. The third kappa shape index (κ3) is 11.1. The molecule has 7 rings (SSSR count). The molecule has 5 fully saturated rings. The van der Waals surface area contributed by atoms with Gasteiger partial charge < -0.3 is 4.90 Å². The minimum atomic E-state index is -4.29. The van der Waals surface area contributed by atoms with E-state index in [4.69, 9.17) is 9.59 Å². The molecule has 7 aliphatic rings. The molecule has 1 saturated heterocycles. The lowest BCUT2D eigenvalue weighted by molar-refractivity contribution is -0.569. The Kier molecular flexibility index (Phi) is 16.2. The first-order valence-corrected chi connectivity index (χ1v) is 31.7. The molecular weight excluding hydrogens is 977 g/mol. The maximum Gasteiger partial charge on any atom is 0.267 e. The Balaban J connectivity index is 1.26. The molecule has 68 heavy (non-hydrogen) atoms. The van der Waals surface area contributed by atoms with Crippen molar-refractivity contribution >= 4 is 57.9 Å². The number of allylic oxidation sites excluding steroid dienone is 7. The molecule has 2 aliphatic heterocycles. The fourth-order valence-electron chi connectivity index (χ4n) is 14.6. The number of sulfone groups is 1. The molecule has 0 radical (unpaired) electrons. The molecule has 4 saturated carbocycles. The van der Waals surface area contributed by atoms with Crippen molar-refractivity contribution in [2.24, 2.45) is 46.3 Å². The highest BCUT2D eigenvalue weighted by atomic mass is 32.2. The summed E-state index contributed by atoms with van der Waals surface area (Å²) in [5.41, 5.74) is 2.47. The predicted octanol–water partition coefficient (Wildman–Crippen LogP) is 8.09. The van der Waals surface area contributed by atoms with E-state index in [1.807, 2.05) is 18.2 Å². The van der Waals surface area contributed by atoms with E-state index in [1.54, 1.807) is 0 Å². The van der Waals surface area contributed by atoms with Gasteiger partial charge in [0.25, 0.3) is 30.4 Å². The van der Waals surface area contributed by atoms with Crippen molar-refractivity contribution < 1.29 is 66.5 Å². The summed E-state index contributed by atoms with van der Waals surface area (Å²) in [5, 5.41) is 10.1. The summed E-state index contributed by atoms with van der Waals surface area (Å²) in [7, 11) is -16.5. The maximum absolute atomic E-state index is 14.0. The van der Waals surface area contributed by atoms with Crippen molar-refractivity contribution in [3.8, 4) is 0 Å². The third-order valence-corrected chi connectivity index (χ3v) is 23.6. The molecule has 0 bridgehead atoms. The van der Waals surface area contributed by atoms with Gasteiger partial charge in [0.2, 0.25) is 0 Å². The van der Waals surface area contributed by atoms with Crippen molar-refractivity contribution in [3.05, 3.63) is 46.1 Å². The molecule has 16 nitrogen and oxygen atoms in total. The molecule has 12 atom stereocenters. The molecule has 0 aromatic heterocycles. The normalized spacial score (nSPS) is 35.4. The summed E-state index contributed by atoms with van der Waals surface area (Å²) in [5.74, 6) is 1.37. The maximum atomic E-state index is 14.0. The van der Waals surface area contributed by atoms with E-state index in [0.717, 1.165) is 68.4 Å². The molecule has 0 aromatic carbocycles. The Labute approximate surface area is 409 Å². The smallest absolute Gasteiger partial charge is 0.267 e. The second-order valence-electron chi connectivity index (χ2n) is 22.3. The number of nitrogens with zero attached hydrogens (tertiary/aromatic N) is 2. The topological polar surface area (TPSA) is 242 Å². The molecule has 5 aliphatic carbocycles. The van der Waals surface area contributed by atoms with E-state index in [9.17, 15) is 47.3 Å². The fraction of sp³-hybridized carbons (Fsp3) is 0.809. The Morgan fingerprint density at radius 2 is 1.40 bits per heavy atom. The highest BCUT2D eigenvalue weighted by molar-refractivity contribution is 7.95. The SMILES string of the molecule is CC(CCN1/C(=C/C=C2\CCCC(/C=C/C3=[N+](CCC(C)S(=O)(=O)O)C4CCC5CC(SOOO)CCC5C4C3(C)C)=C2S(C)(=O)=O)C(C)(C)C2C3CCC(S(=O)(=O)O)CC3CCC21)S(=O)(=O)O. The van der Waals surface area contributed by atoms with Gasteiger partial charge in [0.1, 0.15) is 6.54 Å². The first-order valence-electron chi connectivity index (χ1n) is 24.5. The molecule has 2 heterocycles. The minimum Gasteiger partial charge on any atom is -0.371 e. The fourth-order valence-corrected chi connectivity index (χ4v) is 18.3. The standard InChI is InChI=1S/C47H74N2O14S5/c1-29(66(53,54)55)23-25-48-39-19-11-33-27-35(64-63-62-50)15-17-37(33)43(39)46(3,4)41(48)21-13-31-9-8-10-32(45(31)65(7,51)52)14-22-42-47(5,6)44-38-18-16-36(68(59,60)61)28-34(38)12-20-40(44)49(42)26-24-30(2)67(56,57)58/h13-14,21-22,29-30,33-40,43-44H,8-12,15-20,23-28H2,1-7H3,(H3-,50,53,54,55,56,57,58,59,60,61)/p+1. The number of hydrogen-bond donors (Lipinski definition) is 4. The van der Waals surface area contributed by atoms with Crippen molar-refractivity contribution in [1.29, 1.82) is 0 Å². The summed E-state index contributed by atoms with van der Waals surface area (Å²) in [6.45, 7) is 12.5. The van der Waals surface area contributed by atoms with E-state index in [2.05, 4.69) is 48.3 Å². The molecule has 0 aromatic rings. The highest BCUT2D eigenvalue weighted by Gasteiger charge is 2.61. The molecule has 0 spiro atoms. The van der Waals surface area contributed by atoms with Crippen LogP contribution in [0.1, 0.15) is 138 Å². The quantitative estimate of drug-likeness (QED) is 0.0375. The van der Waals surface area contributed by atoms with Crippen molar-refractivity contribution in [2.45, 2.75) is 171 Å². The van der Waals surface area contributed by atoms with Crippen LogP contribution >= 0.6 is 12.0 Å². The Hall–Kier alpha value is -1.66. The van der Waals surface area contributed by atoms with Gasteiger partial charge in [0, 0.05) is 72.1 Å². The van der Waals surface area contributed by atoms with Crippen molar-refractivity contribution in [2.75, 3.05) is 19.3 Å². The second-order valence-corrected chi connectivity index (χ2v) is 30.6. The summed E-state index contributed by atoms with van der Waals surface area (Å²) in [6.07, 6.45) is 18.8. The van der Waals surface area contributed by atoms with Gasteiger partial charge in [0.15, 0.2) is 21.6 Å². The minimum absolute atomic E-state index is 0.0135. The van der Waals surface area contributed by atoms with Gasteiger partial charge >= 0.3 is 0 Å². The van der Waals surface area contributed by atoms with Crippen LogP contribution in [0.25, 0.3) is 0 Å². The highest BCUT2D eigenvalue weighted by Crippen LogP contribution is 2.60. The molecule has 4 N–H and O–H groups in total. The molecule has 21 heteroatoms. The van der Waals surface area contributed by atoms with E-state index < -0.39 is 61.4 Å². The Bertz CT molecular complexity index is 2530. The number of fused-ring (bicyclic) bond motifs is 6. The molecule has 386 valence electrons. The Morgan fingerprint density at radius 1 is 0.765 bits per heavy atom. The zero-order chi connectivity index (χ0) is 49.9. The largest absolute Gasteiger partial charge is 0.371 e. The van der Waals surface area contributed by atoms with Crippen LogP contribution in [0.2, 0.25) is 0 Å². The predicted molar refractivity (Wildman–Crippen MR) is 263 cm³/mol. The van der Waals surface area contributed by atoms with Crippen molar-refractivity contribution in [1.82, 2.24) is 4.90 Å². The van der Waals surface area contributed by atoms with Gasteiger partial charge in [-0.05, 0) is 158 Å². The lowest BCUT2D eigenvalue weighted by Crippen LogP contribution is -2.47. The van der Waals surface area contributed by atoms with Crippen LogP contribution in [0.4, 0.5) is 0 Å². The van der Waals surface area contributed by atoms with Crippen molar-refractivity contribution in [3.63, 3.8) is 0 Å². The monoisotopic (exact) mass is 1050 g/mol. The lowest BCUT2D eigenvalue weighted by atomic mass is 9.57. The van der Waals surface area contributed by atoms with Gasteiger partial charge in [0.05, 0.1) is 26.1 Å². The van der Waals surface area contributed by atoms with E-state index in [0.29, 0.717) is 74.6 Å². The van der Waals surface area contributed by atoms with Crippen LogP contribution in [-0.4, -0.2) is 120 Å². The van der Waals surface area contributed by atoms with Crippen LogP contribution in [0.5, 0.6) is 0 Å². The molecular formula is C47H75N2O14S5+. The number of likely N-dealkylation sites (tertiary alicyclic amines) is 1. The van der Waals surface area contributed by atoms with Crippen LogP contribution in [0, 0.1) is 46.3 Å². The van der Waals surface area contributed by atoms with Gasteiger partial charge in [-0.2, -0.15) is 25.3 Å². The van der Waals surface area contributed by atoms with Gasteiger partial charge in [-0.1, -0.05) is 31.0 Å².